The van der Waals surface area contributed by atoms with Crippen molar-refractivity contribution >= 4 is 5.69 Å². The summed E-state index contributed by atoms with van der Waals surface area (Å²) in [5, 5.41) is 0. The zero-order chi connectivity index (χ0) is 14.5. The van der Waals surface area contributed by atoms with Crippen molar-refractivity contribution in [1.29, 1.82) is 0 Å². The third kappa shape index (κ3) is 3.47. The highest BCUT2D eigenvalue weighted by atomic mass is 19.1. The lowest BCUT2D eigenvalue weighted by molar-refractivity contribution is 0.408. The van der Waals surface area contributed by atoms with Gasteiger partial charge in [-0.15, -0.1) is 0 Å². The Labute approximate surface area is 117 Å². The molecule has 2 rings (SSSR count). The van der Waals surface area contributed by atoms with Gasteiger partial charge >= 0.3 is 0 Å². The Bertz CT molecular complexity index is 559. The highest BCUT2D eigenvalue weighted by Gasteiger charge is 2.12. The quantitative estimate of drug-likeness (QED) is 0.805. The van der Waals surface area contributed by atoms with Crippen molar-refractivity contribution in [3.8, 4) is 11.5 Å². The molecule has 20 heavy (non-hydrogen) atoms. The van der Waals surface area contributed by atoms with Gasteiger partial charge in [0.15, 0.2) is 17.4 Å². The molecule has 2 aromatic rings. The average molecular weight is 277 g/mol. The van der Waals surface area contributed by atoms with Gasteiger partial charge in [-0.1, -0.05) is 25.5 Å². The van der Waals surface area contributed by atoms with E-state index >= 15 is 0 Å². The molecular formula is C16H17F2NO. The first-order valence-electron chi connectivity index (χ1n) is 6.61. The minimum atomic E-state index is -0.808. The van der Waals surface area contributed by atoms with Crippen LogP contribution >= 0.6 is 0 Å². The topological polar surface area (TPSA) is 35.2 Å². The van der Waals surface area contributed by atoms with Gasteiger partial charge in [-0.05, 0) is 30.5 Å². The van der Waals surface area contributed by atoms with Crippen LogP contribution in [0.4, 0.5) is 14.5 Å². The maximum Gasteiger partial charge on any atom is 0.198 e. The summed E-state index contributed by atoms with van der Waals surface area (Å²) >= 11 is 0. The molecule has 0 spiro atoms. The molecule has 0 fully saturated rings. The second kappa shape index (κ2) is 6.37. The second-order valence-electron chi connectivity index (χ2n) is 4.66. The number of ether oxygens (including phenoxy) is 1. The number of hydrogen-bond donors (Lipinski definition) is 1. The van der Waals surface area contributed by atoms with E-state index in [0.29, 0.717) is 5.75 Å². The van der Waals surface area contributed by atoms with Crippen molar-refractivity contribution in [2.75, 3.05) is 5.73 Å². The molecule has 106 valence electrons. The zero-order valence-electron chi connectivity index (χ0n) is 11.3. The molecule has 0 atom stereocenters. The van der Waals surface area contributed by atoms with Crippen LogP contribution in [0.5, 0.6) is 11.5 Å². The zero-order valence-corrected chi connectivity index (χ0v) is 11.3. The third-order valence-corrected chi connectivity index (χ3v) is 2.98. The number of rotatable bonds is 5. The van der Waals surface area contributed by atoms with Gasteiger partial charge in [-0.25, -0.2) is 8.78 Å². The standard InChI is InChI=1S/C16H17F2NO/c1-2-3-4-11-5-7-13(8-6-11)20-16-14(17)9-12(19)10-15(16)18/h5-10H,2-4,19H2,1H3. The summed E-state index contributed by atoms with van der Waals surface area (Å²) in [5.41, 5.74) is 6.56. The Kier molecular flexibility index (Phi) is 4.56. The number of unbranched alkanes of at least 4 members (excludes halogenated alkanes) is 1. The SMILES string of the molecule is CCCCc1ccc(Oc2c(F)cc(N)cc2F)cc1. The number of anilines is 1. The number of nitrogen functional groups attached to an aromatic ring is 1. The molecule has 4 heteroatoms. The highest BCUT2D eigenvalue weighted by Crippen LogP contribution is 2.29. The van der Waals surface area contributed by atoms with Crippen LogP contribution in [0, 0.1) is 11.6 Å². The first-order chi connectivity index (χ1) is 9.60. The van der Waals surface area contributed by atoms with Gasteiger partial charge < -0.3 is 10.5 Å². The van der Waals surface area contributed by atoms with Crippen LogP contribution in [0.25, 0.3) is 0 Å². The van der Waals surface area contributed by atoms with E-state index in [-0.39, 0.29) is 5.69 Å². The van der Waals surface area contributed by atoms with E-state index in [1.54, 1.807) is 12.1 Å². The Hall–Kier alpha value is -2.10. The Morgan fingerprint density at radius 2 is 1.65 bits per heavy atom. The minimum absolute atomic E-state index is 0.0299. The number of aryl methyl sites for hydroxylation is 1. The molecule has 2 nitrogen and oxygen atoms in total. The second-order valence-corrected chi connectivity index (χ2v) is 4.66. The molecule has 0 heterocycles. The summed E-state index contributed by atoms with van der Waals surface area (Å²) in [4.78, 5) is 0. The van der Waals surface area contributed by atoms with Crippen molar-refractivity contribution in [3.63, 3.8) is 0 Å². The lowest BCUT2D eigenvalue weighted by atomic mass is 10.1. The van der Waals surface area contributed by atoms with Crippen molar-refractivity contribution in [2.24, 2.45) is 0 Å². The monoisotopic (exact) mass is 277 g/mol. The molecule has 2 aromatic carbocycles. The van der Waals surface area contributed by atoms with Crippen LogP contribution in [0.3, 0.4) is 0 Å². The van der Waals surface area contributed by atoms with E-state index in [2.05, 4.69) is 6.92 Å². The fraction of sp³-hybridized carbons (Fsp3) is 0.250. The van der Waals surface area contributed by atoms with Crippen LogP contribution in [-0.2, 0) is 6.42 Å². The van der Waals surface area contributed by atoms with Gasteiger partial charge in [-0.2, -0.15) is 0 Å². The molecular weight excluding hydrogens is 260 g/mol. The number of halogens is 2. The summed E-state index contributed by atoms with van der Waals surface area (Å²) < 4.78 is 32.4. The normalized spacial score (nSPS) is 10.6. The maximum atomic E-state index is 13.6. The van der Waals surface area contributed by atoms with E-state index in [4.69, 9.17) is 10.5 Å². The molecule has 0 radical (unpaired) electrons. The molecule has 0 saturated heterocycles. The van der Waals surface area contributed by atoms with Crippen molar-refractivity contribution in [3.05, 3.63) is 53.6 Å². The predicted molar refractivity (Wildman–Crippen MR) is 75.9 cm³/mol. The largest absolute Gasteiger partial charge is 0.451 e. The molecule has 0 aliphatic rings. The highest BCUT2D eigenvalue weighted by molar-refractivity contribution is 5.45. The summed E-state index contributed by atoms with van der Waals surface area (Å²) in [7, 11) is 0. The molecule has 0 unspecified atom stereocenters. The lowest BCUT2D eigenvalue weighted by Gasteiger charge is -2.09. The molecule has 0 aliphatic heterocycles. The Morgan fingerprint density at radius 3 is 2.20 bits per heavy atom. The van der Waals surface area contributed by atoms with Gasteiger partial charge in [0.2, 0.25) is 0 Å². The summed E-state index contributed by atoms with van der Waals surface area (Å²) in [6.07, 6.45) is 3.23. The van der Waals surface area contributed by atoms with E-state index in [1.165, 1.54) is 5.56 Å². The lowest BCUT2D eigenvalue weighted by Crippen LogP contribution is -1.96. The molecule has 0 aliphatic carbocycles. The molecule has 0 saturated carbocycles. The molecule has 0 amide bonds. The fourth-order valence-electron chi connectivity index (χ4n) is 1.90. The first-order valence-corrected chi connectivity index (χ1v) is 6.61. The maximum absolute atomic E-state index is 13.6. The molecule has 2 N–H and O–H groups in total. The fourth-order valence-corrected chi connectivity index (χ4v) is 1.90. The van der Waals surface area contributed by atoms with Gasteiger partial charge in [0.1, 0.15) is 5.75 Å². The number of nitrogens with two attached hydrogens (primary N) is 1. The van der Waals surface area contributed by atoms with E-state index in [1.807, 2.05) is 12.1 Å². The van der Waals surface area contributed by atoms with Crippen molar-refractivity contribution in [1.82, 2.24) is 0 Å². The first kappa shape index (κ1) is 14.3. The average Bonchev–Trinajstić information content (AvgIpc) is 2.42. The molecule has 0 bridgehead atoms. The van der Waals surface area contributed by atoms with Crippen molar-refractivity contribution in [2.45, 2.75) is 26.2 Å². The Morgan fingerprint density at radius 1 is 1.05 bits per heavy atom. The van der Waals surface area contributed by atoms with Gasteiger partial charge in [0.25, 0.3) is 0 Å². The smallest absolute Gasteiger partial charge is 0.198 e. The van der Waals surface area contributed by atoms with Gasteiger partial charge in [0, 0.05) is 17.8 Å². The van der Waals surface area contributed by atoms with Crippen LogP contribution in [-0.4, -0.2) is 0 Å². The molecule has 0 aromatic heterocycles. The van der Waals surface area contributed by atoms with Crippen LogP contribution in [0.2, 0.25) is 0 Å². The van der Waals surface area contributed by atoms with Crippen LogP contribution in [0.1, 0.15) is 25.3 Å². The summed E-state index contributed by atoms with van der Waals surface area (Å²) in [6, 6.07) is 9.29. The van der Waals surface area contributed by atoms with Gasteiger partial charge in [-0.3, -0.25) is 0 Å². The van der Waals surface area contributed by atoms with Gasteiger partial charge in [0.05, 0.1) is 0 Å². The Balaban J connectivity index is 2.14. The van der Waals surface area contributed by atoms with Crippen LogP contribution < -0.4 is 10.5 Å². The third-order valence-electron chi connectivity index (χ3n) is 2.98. The number of hydrogen-bond acceptors (Lipinski definition) is 2. The summed E-state index contributed by atoms with van der Waals surface area (Å²) in [5.74, 6) is -1.65. The minimum Gasteiger partial charge on any atom is -0.451 e. The van der Waals surface area contributed by atoms with E-state index in [9.17, 15) is 8.78 Å². The predicted octanol–water partition coefficient (Wildman–Crippen LogP) is 4.68. The number of benzene rings is 2. The van der Waals surface area contributed by atoms with E-state index < -0.39 is 17.4 Å². The van der Waals surface area contributed by atoms with Crippen LogP contribution in [0.15, 0.2) is 36.4 Å². The van der Waals surface area contributed by atoms with E-state index in [0.717, 1.165) is 31.4 Å². The summed E-state index contributed by atoms with van der Waals surface area (Å²) in [6.45, 7) is 2.13. The van der Waals surface area contributed by atoms with Crippen molar-refractivity contribution < 1.29 is 13.5 Å².